The number of alkyl halides is 1. The average molecular weight is 291 g/mol. The Kier molecular flexibility index (Phi) is 4.54. The maximum atomic E-state index is 13.9. The quantitative estimate of drug-likeness (QED) is 0.806. The van der Waals surface area contributed by atoms with Crippen LogP contribution in [0.2, 0.25) is 0 Å². The number of benzene rings is 1. The molecule has 0 spiro atoms. The van der Waals surface area contributed by atoms with Gasteiger partial charge in [0.05, 0.1) is 17.1 Å². The number of nitriles is 1. The molecule has 1 heterocycles. The van der Waals surface area contributed by atoms with Gasteiger partial charge in [-0.2, -0.15) is 5.26 Å². The molecule has 0 atom stereocenters. The van der Waals surface area contributed by atoms with Gasteiger partial charge in [-0.15, -0.1) is 11.6 Å². The Morgan fingerprint density at radius 3 is 2.85 bits per heavy atom. The standard InChI is InChI=1S/C15H12ClFN2O/c1-10-5-6-14(13(7-16)19-10)20-9-12-4-2-3-11(8-18)15(12)17/h2-6H,7,9H2,1H3. The van der Waals surface area contributed by atoms with E-state index >= 15 is 0 Å². The third kappa shape index (κ3) is 3.06. The molecule has 20 heavy (non-hydrogen) atoms. The summed E-state index contributed by atoms with van der Waals surface area (Å²) in [6.07, 6.45) is 0. The molecule has 0 fully saturated rings. The Bertz CT molecular complexity index is 667. The van der Waals surface area contributed by atoms with E-state index in [4.69, 9.17) is 21.6 Å². The van der Waals surface area contributed by atoms with Gasteiger partial charge in [-0.05, 0) is 25.1 Å². The molecular formula is C15H12ClFN2O. The van der Waals surface area contributed by atoms with Crippen molar-refractivity contribution in [1.29, 1.82) is 5.26 Å². The first-order valence-electron chi connectivity index (χ1n) is 5.98. The van der Waals surface area contributed by atoms with Gasteiger partial charge in [-0.25, -0.2) is 4.39 Å². The maximum absolute atomic E-state index is 13.9. The molecule has 0 bridgehead atoms. The Labute approximate surface area is 121 Å². The van der Waals surface area contributed by atoms with E-state index < -0.39 is 5.82 Å². The molecule has 102 valence electrons. The Morgan fingerprint density at radius 1 is 1.35 bits per heavy atom. The lowest BCUT2D eigenvalue weighted by Gasteiger charge is -2.11. The summed E-state index contributed by atoms with van der Waals surface area (Å²) < 4.78 is 19.4. The van der Waals surface area contributed by atoms with Crippen LogP contribution in [0.5, 0.6) is 5.75 Å². The molecule has 0 N–H and O–H groups in total. The van der Waals surface area contributed by atoms with Crippen LogP contribution in [0.1, 0.15) is 22.5 Å². The number of hydrogen-bond acceptors (Lipinski definition) is 3. The number of aromatic nitrogens is 1. The number of nitrogens with zero attached hydrogens (tertiary/aromatic N) is 2. The lowest BCUT2D eigenvalue weighted by atomic mass is 10.1. The van der Waals surface area contributed by atoms with Gasteiger partial charge in [-0.1, -0.05) is 12.1 Å². The summed E-state index contributed by atoms with van der Waals surface area (Å²) in [6, 6.07) is 9.98. The SMILES string of the molecule is Cc1ccc(OCc2cccc(C#N)c2F)c(CCl)n1. The molecule has 1 aromatic carbocycles. The van der Waals surface area contributed by atoms with Gasteiger partial charge in [0, 0.05) is 11.3 Å². The van der Waals surface area contributed by atoms with Crippen molar-refractivity contribution in [3.8, 4) is 11.8 Å². The predicted octanol–water partition coefficient (Wildman–Crippen LogP) is 3.72. The maximum Gasteiger partial charge on any atom is 0.147 e. The summed E-state index contributed by atoms with van der Waals surface area (Å²) in [5.41, 5.74) is 1.78. The molecule has 0 unspecified atom stereocenters. The van der Waals surface area contributed by atoms with Gasteiger partial charge in [0.15, 0.2) is 0 Å². The fourth-order valence-corrected chi connectivity index (χ4v) is 1.95. The van der Waals surface area contributed by atoms with E-state index in [0.29, 0.717) is 17.0 Å². The fourth-order valence-electron chi connectivity index (χ4n) is 1.76. The van der Waals surface area contributed by atoms with E-state index in [1.165, 1.54) is 6.07 Å². The molecule has 0 radical (unpaired) electrons. The summed E-state index contributed by atoms with van der Waals surface area (Å²) in [5.74, 6) is 0.187. The highest BCUT2D eigenvalue weighted by Crippen LogP contribution is 2.21. The molecule has 2 rings (SSSR count). The zero-order valence-corrected chi connectivity index (χ0v) is 11.6. The topological polar surface area (TPSA) is 45.9 Å². The first kappa shape index (κ1) is 14.3. The summed E-state index contributed by atoms with van der Waals surface area (Å²) in [5, 5.41) is 8.78. The highest BCUT2D eigenvalue weighted by Gasteiger charge is 2.10. The van der Waals surface area contributed by atoms with Gasteiger partial charge in [0.1, 0.15) is 24.2 Å². The minimum atomic E-state index is -0.553. The number of pyridine rings is 1. The first-order chi connectivity index (χ1) is 9.65. The lowest BCUT2D eigenvalue weighted by Crippen LogP contribution is -2.03. The van der Waals surface area contributed by atoms with Crippen LogP contribution < -0.4 is 4.74 Å². The largest absolute Gasteiger partial charge is 0.487 e. The monoisotopic (exact) mass is 290 g/mol. The molecule has 0 aliphatic carbocycles. The molecule has 0 aliphatic rings. The van der Waals surface area contributed by atoms with E-state index in [9.17, 15) is 4.39 Å². The lowest BCUT2D eigenvalue weighted by molar-refractivity contribution is 0.296. The minimum Gasteiger partial charge on any atom is -0.487 e. The molecular weight excluding hydrogens is 279 g/mol. The van der Waals surface area contributed by atoms with Crippen LogP contribution in [-0.2, 0) is 12.5 Å². The molecule has 0 saturated carbocycles. The van der Waals surface area contributed by atoms with Crippen molar-refractivity contribution in [3.05, 3.63) is 58.7 Å². The molecule has 1 aromatic heterocycles. The molecule has 5 heteroatoms. The second-order valence-electron chi connectivity index (χ2n) is 4.21. The summed E-state index contributed by atoms with van der Waals surface area (Å²) in [4.78, 5) is 4.26. The minimum absolute atomic E-state index is 0.00528. The predicted molar refractivity (Wildman–Crippen MR) is 74.0 cm³/mol. The van der Waals surface area contributed by atoms with Crippen LogP contribution in [0.3, 0.4) is 0 Å². The van der Waals surface area contributed by atoms with Crippen molar-refractivity contribution in [2.24, 2.45) is 0 Å². The summed E-state index contributed by atoms with van der Waals surface area (Å²) in [6.45, 7) is 1.88. The Balaban J connectivity index is 2.19. The number of ether oxygens (including phenoxy) is 1. The van der Waals surface area contributed by atoms with E-state index in [-0.39, 0.29) is 18.1 Å². The van der Waals surface area contributed by atoms with Gasteiger partial charge >= 0.3 is 0 Å². The van der Waals surface area contributed by atoms with Crippen LogP contribution in [-0.4, -0.2) is 4.98 Å². The Morgan fingerprint density at radius 2 is 2.15 bits per heavy atom. The zero-order valence-electron chi connectivity index (χ0n) is 10.9. The summed E-state index contributed by atoms with van der Waals surface area (Å²) in [7, 11) is 0. The van der Waals surface area contributed by atoms with Gasteiger partial charge < -0.3 is 4.74 Å². The Hall–Kier alpha value is -2.12. The highest BCUT2D eigenvalue weighted by atomic mass is 35.5. The molecule has 0 saturated heterocycles. The van der Waals surface area contributed by atoms with Crippen LogP contribution in [0, 0.1) is 24.1 Å². The second kappa shape index (κ2) is 6.36. The van der Waals surface area contributed by atoms with Crippen molar-refractivity contribution in [1.82, 2.24) is 4.98 Å². The van der Waals surface area contributed by atoms with E-state index in [2.05, 4.69) is 4.98 Å². The van der Waals surface area contributed by atoms with Crippen molar-refractivity contribution in [2.45, 2.75) is 19.4 Å². The number of halogens is 2. The third-order valence-corrected chi connectivity index (χ3v) is 3.03. The van der Waals surface area contributed by atoms with E-state index in [1.807, 2.05) is 6.92 Å². The van der Waals surface area contributed by atoms with Crippen molar-refractivity contribution in [2.75, 3.05) is 0 Å². The molecule has 0 amide bonds. The summed E-state index contributed by atoms with van der Waals surface area (Å²) >= 11 is 5.81. The van der Waals surface area contributed by atoms with Crippen LogP contribution in [0.25, 0.3) is 0 Å². The van der Waals surface area contributed by atoms with Gasteiger partial charge in [-0.3, -0.25) is 4.98 Å². The number of hydrogen-bond donors (Lipinski definition) is 0. The highest BCUT2D eigenvalue weighted by molar-refractivity contribution is 6.17. The molecule has 3 nitrogen and oxygen atoms in total. The van der Waals surface area contributed by atoms with Crippen molar-refractivity contribution < 1.29 is 9.13 Å². The fraction of sp³-hybridized carbons (Fsp3) is 0.200. The van der Waals surface area contributed by atoms with Crippen molar-refractivity contribution >= 4 is 11.6 Å². The normalized spacial score (nSPS) is 10.1. The third-order valence-electron chi connectivity index (χ3n) is 2.78. The average Bonchev–Trinajstić information content (AvgIpc) is 2.47. The van der Waals surface area contributed by atoms with Crippen molar-refractivity contribution in [3.63, 3.8) is 0 Å². The second-order valence-corrected chi connectivity index (χ2v) is 4.48. The van der Waals surface area contributed by atoms with Gasteiger partial charge in [0.25, 0.3) is 0 Å². The van der Waals surface area contributed by atoms with E-state index in [0.717, 1.165) is 5.69 Å². The smallest absolute Gasteiger partial charge is 0.147 e. The molecule has 0 aliphatic heterocycles. The van der Waals surface area contributed by atoms with Crippen LogP contribution >= 0.6 is 11.6 Å². The van der Waals surface area contributed by atoms with E-state index in [1.54, 1.807) is 30.3 Å². The van der Waals surface area contributed by atoms with Crippen LogP contribution in [0.4, 0.5) is 4.39 Å². The number of aryl methyl sites for hydroxylation is 1. The number of rotatable bonds is 4. The zero-order chi connectivity index (χ0) is 14.5. The molecule has 2 aromatic rings. The van der Waals surface area contributed by atoms with Crippen LogP contribution in [0.15, 0.2) is 30.3 Å². The van der Waals surface area contributed by atoms with Gasteiger partial charge in [0.2, 0.25) is 0 Å². The first-order valence-corrected chi connectivity index (χ1v) is 6.52.